The lowest BCUT2D eigenvalue weighted by atomic mass is 9.98. The van der Waals surface area contributed by atoms with Crippen molar-refractivity contribution in [1.29, 1.82) is 0 Å². The number of nitrogens with zero attached hydrogens (tertiary/aromatic N) is 4. The maximum atomic E-state index is 12.7. The van der Waals surface area contributed by atoms with Crippen molar-refractivity contribution >= 4 is 12.6 Å². The Morgan fingerprint density at radius 2 is 1.60 bits per heavy atom. The lowest BCUT2D eigenvalue weighted by Gasteiger charge is -2.35. The monoisotopic (exact) mass is 567 g/mol. The van der Waals surface area contributed by atoms with Crippen LogP contribution >= 0.6 is 12.6 Å². The third-order valence-corrected chi connectivity index (χ3v) is 7.34. The van der Waals surface area contributed by atoms with Gasteiger partial charge in [-0.05, 0) is 62.1 Å². The highest BCUT2D eigenvalue weighted by molar-refractivity contribution is 7.81. The molecule has 0 bridgehead atoms. The molecule has 0 aliphatic carbocycles. The van der Waals surface area contributed by atoms with E-state index < -0.39 is 5.69 Å². The highest BCUT2D eigenvalue weighted by atomic mass is 32.1. The highest BCUT2D eigenvalue weighted by Crippen LogP contribution is 2.37. The largest absolute Gasteiger partial charge is 0.508 e. The second-order valence-corrected chi connectivity index (χ2v) is 12.5. The minimum Gasteiger partial charge on any atom is -0.508 e. The van der Waals surface area contributed by atoms with Crippen LogP contribution in [0.3, 0.4) is 0 Å². The van der Waals surface area contributed by atoms with E-state index in [4.69, 9.17) is 0 Å². The number of allylic oxidation sites excluding steroid dienone is 2. The van der Waals surface area contributed by atoms with Crippen molar-refractivity contribution < 1.29 is 10.2 Å². The maximum Gasteiger partial charge on any atom is 0.348 e. The Bertz CT molecular complexity index is 1310. The minimum atomic E-state index is -0.392. The molecule has 8 nitrogen and oxygen atoms in total. The lowest BCUT2D eigenvalue weighted by molar-refractivity contribution is 0.124. The first-order valence-electron chi connectivity index (χ1n) is 14.0. The summed E-state index contributed by atoms with van der Waals surface area (Å²) in [5, 5.41) is 27.4. The number of benzene rings is 2. The Morgan fingerprint density at radius 3 is 2.15 bits per heavy atom. The van der Waals surface area contributed by atoms with Crippen LogP contribution < -0.4 is 5.69 Å². The highest BCUT2D eigenvalue weighted by Gasteiger charge is 2.21. The Morgan fingerprint density at radius 1 is 1.00 bits per heavy atom. The Balaban J connectivity index is 0.00000103. The molecule has 1 aromatic heterocycles. The molecule has 0 atom stereocenters. The number of piperazine rings is 1. The van der Waals surface area contributed by atoms with Gasteiger partial charge in [-0.3, -0.25) is 4.90 Å². The van der Waals surface area contributed by atoms with Crippen molar-refractivity contribution in [3.05, 3.63) is 70.2 Å². The number of H-pyrrole nitrogens is 1. The van der Waals surface area contributed by atoms with Gasteiger partial charge in [0.1, 0.15) is 11.5 Å². The van der Waals surface area contributed by atoms with Crippen LogP contribution in [0.2, 0.25) is 0 Å². The van der Waals surface area contributed by atoms with Gasteiger partial charge < -0.3 is 15.1 Å². The molecule has 2 aromatic carbocycles. The first-order valence-corrected chi connectivity index (χ1v) is 14.5. The van der Waals surface area contributed by atoms with Gasteiger partial charge in [0, 0.05) is 43.5 Å². The fourth-order valence-electron chi connectivity index (χ4n) is 4.56. The standard InChI is InChI=1S/C27H37N5O3S.C4H8/c1-18(2)21-15-22(24(34)16-23(21)33)25-28-29-26(35)32(25)20-7-5-19(6-8-20)17-31-13-11-30(12-14-31)10-9-27(3,4)36;1-3-4-2/h5-8,15-16,18,33-34,36H,9-14,17H2,1-4H3,(H,29,35);3-4H,1-2H3/b;4-3-. The average Bonchev–Trinajstić information content (AvgIpc) is 3.29. The number of aromatic nitrogens is 3. The van der Waals surface area contributed by atoms with Gasteiger partial charge in [0.05, 0.1) is 11.3 Å². The predicted octanol–water partition coefficient (Wildman–Crippen LogP) is 5.56. The number of thiol groups is 1. The van der Waals surface area contributed by atoms with Crippen molar-refractivity contribution in [3.8, 4) is 28.6 Å². The van der Waals surface area contributed by atoms with E-state index in [1.165, 1.54) is 16.2 Å². The molecule has 4 rings (SSSR count). The summed E-state index contributed by atoms with van der Waals surface area (Å²) in [5.74, 6) is 0.226. The molecule has 40 heavy (non-hydrogen) atoms. The smallest absolute Gasteiger partial charge is 0.348 e. The van der Waals surface area contributed by atoms with E-state index >= 15 is 0 Å². The van der Waals surface area contributed by atoms with E-state index in [1.54, 1.807) is 6.07 Å². The average molecular weight is 568 g/mol. The molecule has 9 heteroatoms. The van der Waals surface area contributed by atoms with Crippen molar-refractivity contribution in [2.45, 2.75) is 65.2 Å². The summed E-state index contributed by atoms with van der Waals surface area (Å²) in [6.07, 6.45) is 5.08. The molecule has 0 unspecified atom stereocenters. The van der Waals surface area contributed by atoms with E-state index in [1.807, 2.05) is 64.1 Å². The summed E-state index contributed by atoms with van der Waals surface area (Å²) >= 11 is 4.64. The van der Waals surface area contributed by atoms with Gasteiger partial charge in [0.2, 0.25) is 0 Å². The van der Waals surface area contributed by atoms with Gasteiger partial charge >= 0.3 is 5.69 Å². The van der Waals surface area contributed by atoms with Crippen LogP contribution in [0.15, 0.2) is 53.3 Å². The summed E-state index contributed by atoms with van der Waals surface area (Å²) in [5.41, 5.74) is 2.51. The van der Waals surface area contributed by atoms with Crippen LogP contribution in [0.5, 0.6) is 11.5 Å². The van der Waals surface area contributed by atoms with E-state index in [-0.39, 0.29) is 22.2 Å². The fourth-order valence-corrected chi connectivity index (χ4v) is 4.66. The number of nitrogens with one attached hydrogen (secondary N) is 1. The zero-order valence-corrected chi connectivity index (χ0v) is 25.6. The zero-order chi connectivity index (χ0) is 29.4. The molecule has 218 valence electrons. The van der Waals surface area contributed by atoms with Crippen molar-refractivity contribution in [3.63, 3.8) is 0 Å². The van der Waals surface area contributed by atoms with Crippen LogP contribution in [-0.4, -0.2) is 72.2 Å². The lowest BCUT2D eigenvalue weighted by Crippen LogP contribution is -2.46. The summed E-state index contributed by atoms with van der Waals surface area (Å²) in [7, 11) is 0. The van der Waals surface area contributed by atoms with Crippen molar-refractivity contribution in [1.82, 2.24) is 24.6 Å². The van der Waals surface area contributed by atoms with Gasteiger partial charge in [0.15, 0.2) is 5.82 Å². The van der Waals surface area contributed by atoms with Gasteiger partial charge in [-0.15, -0.1) is 0 Å². The van der Waals surface area contributed by atoms with Crippen LogP contribution in [0, 0.1) is 0 Å². The molecule has 0 saturated carbocycles. The SMILES string of the molecule is C/C=C\C.CC(C)c1cc(-c2n[nH]c(=O)n2-c2ccc(CN3CCN(CCC(C)(C)S)CC3)cc2)c(O)cc1O. The fraction of sp³-hybridized carbons (Fsp3) is 0.484. The van der Waals surface area contributed by atoms with E-state index in [2.05, 4.69) is 46.5 Å². The van der Waals surface area contributed by atoms with Crippen LogP contribution in [0.1, 0.15) is 65.0 Å². The number of hydrogen-bond donors (Lipinski definition) is 4. The molecular formula is C31H45N5O3S. The molecule has 1 aliphatic heterocycles. The third-order valence-electron chi connectivity index (χ3n) is 7.12. The van der Waals surface area contributed by atoms with Crippen LogP contribution in [-0.2, 0) is 6.54 Å². The third kappa shape index (κ3) is 8.49. The van der Waals surface area contributed by atoms with Crippen LogP contribution in [0.4, 0.5) is 0 Å². The molecule has 1 aliphatic rings. The second-order valence-electron chi connectivity index (χ2n) is 11.3. The number of hydrogen-bond acceptors (Lipinski definition) is 7. The molecule has 3 aromatic rings. The van der Waals surface area contributed by atoms with Gasteiger partial charge in [-0.1, -0.05) is 52.0 Å². The number of aromatic amines is 1. The summed E-state index contributed by atoms with van der Waals surface area (Å²) in [6, 6.07) is 10.9. The second kappa shape index (κ2) is 14.1. The molecule has 1 saturated heterocycles. The molecule has 3 N–H and O–H groups in total. The van der Waals surface area contributed by atoms with Gasteiger partial charge in [-0.2, -0.15) is 17.7 Å². The Hall–Kier alpha value is -3.01. The number of phenols is 2. The molecule has 0 amide bonds. The van der Waals surface area contributed by atoms with Gasteiger partial charge in [0.25, 0.3) is 0 Å². The quantitative estimate of drug-likeness (QED) is 0.210. The molecule has 1 fully saturated rings. The van der Waals surface area contributed by atoms with E-state index in [0.717, 1.165) is 45.7 Å². The summed E-state index contributed by atoms with van der Waals surface area (Å²) in [6.45, 7) is 18.3. The van der Waals surface area contributed by atoms with Crippen molar-refractivity contribution in [2.24, 2.45) is 0 Å². The van der Waals surface area contributed by atoms with Gasteiger partial charge in [-0.25, -0.2) is 14.5 Å². The molecule has 0 spiro atoms. The number of phenolic OH excluding ortho intramolecular Hbond substituents is 2. The molecule has 0 radical (unpaired) electrons. The molecule has 2 heterocycles. The van der Waals surface area contributed by atoms with Crippen LogP contribution in [0.25, 0.3) is 17.1 Å². The van der Waals surface area contributed by atoms with E-state index in [0.29, 0.717) is 22.6 Å². The topological polar surface area (TPSA) is 97.6 Å². The number of aromatic hydroxyl groups is 2. The summed E-state index contributed by atoms with van der Waals surface area (Å²) in [4.78, 5) is 17.6. The first kappa shape index (κ1) is 31.5. The normalized spacial score (nSPS) is 15.0. The van der Waals surface area contributed by atoms with E-state index in [9.17, 15) is 15.0 Å². The Kier molecular flexibility index (Phi) is 11.1. The first-order chi connectivity index (χ1) is 18.9. The Labute approximate surface area is 243 Å². The minimum absolute atomic E-state index is 0.0198. The maximum absolute atomic E-state index is 12.7. The predicted molar refractivity (Wildman–Crippen MR) is 167 cm³/mol. The van der Waals surface area contributed by atoms with Crippen molar-refractivity contribution in [2.75, 3.05) is 32.7 Å². The zero-order valence-electron chi connectivity index (χ0n) is 24.7. The molecular weight excluding hydrogens is 522 g/mol. The summed E-state index contributed by atoms with van der Waals surface area (Å²) < 4.78 is 1.51. The number of rotatable bonds is 8.